The van der Waals surface area contributed by atoms with Crippen molar-refractivity contribution in [2.75, 3.05) is 18.9 Å². The second-order valence-electron chi connectivity index (χ2n) is 6.01. The summed E-state index contributed by atoms with van der Waals surface area (Å²) in [5, 5.41) is 18.2. The summed E-state index contributed by atoms with van der Waals surface area (Å²) in [7, 11) is 1.68. The first-order valence-electron chi connectivity index (χ1n) is 8.35. The number of benzene rings is 2. The smallest absolute Gasteiger partial charge is 0.292 e. The number of nitro benzene ring substituents is 1. The van der Waals surface area contributed by atoms with Crippen LogP contribution in [0.5, 0.6) is 0 Å². The zero-order valence-corrected chi connectivity index (χ0v) is 14.8. The predicted molar refractivity (Wildman–Crippen MR) is 102 cm³/mol. The van der Waals surface area contributed by atoms with Crippen LogP contribution in [0.3, 0.4) is 0 Å². The van der Waals surface area contributed by atoms with Crippen molar-refractivity contribution in [2.24, 2.45) is 0 Å². The topological polar surface area (TPSA) is 93.3 Å². The van der Waals surface area contributed by atoms with Gasteiger partial charge in [0.05, 0.1) is 23.4 Å². The van der Waals surface area contributed by atoms with Crippen LogP contribution in [0, 0.1) is 10.1 Å². The van der Waals surface area contributed by atoms with Crippen LogP contribution in [0.1, 0.15) is 5.56 Å². The fraction of sp³-hybridized carbons (Fsp3) is 0.158. The number of nitrogens with zero attached hydrogens (tertiary/aromatic N) is 4. The highest BCUT2D eigenvalue weighted by Crippen LogP contribution is 2.22. The molecule has 0 spiro atoms. The van der Waals surface area contributed by atoms with Crippen molar-refractivity contribution < 1.29 is 9.72 Å². The Morgan fingerprint density at radius 2 is 1.89 bits per heavy atom. The zero-order chi connectivity index (χ0) is 19.2. The maximum atomic E-state index is 12.3. The monoisotopic (exact) mass is 365 g/mol. The lowest BCUT2D eigenvalue weighted by Gasteiger charge is -2.17. The second-order valence-corrected chi connectivity index (χ2v) is 6.01. The number of aromatic nitrogens is 2. The number of amides is 1. The second kappa shape index (κ2) is 8.13. The van der Waals surface area contributed by atoms with E-state index in [0.29, 0.717) is 12.2 Å². The van der Waals surface area contributed by atoms with Crippen molar-refractivity contribution in [2.45, 2.75) is 6.54 Å². The fourth-order valence-corrected chi connectivity index (χ4v) is 2.61. The van der Waals surface area contributed by atoms with Crippen molar-refractivity contribution >= 4 is 17.3 Å². The highest BCUT2D eigenvalue weighted by molar-refractivity contribution is 5.81. The highest BCUT2D eigenvalue weighted by atomic mass is 16.6. The van der Waals surface area contributed by atoms with Crippen LogP contribution in [0.4, 0.5) is 11.4 Å². The molecule has 3 aromatic rings. The van der Waals surface area contributed by atoms with E-state index in [1.807, 2.05) is 36.5 Å². The van der Waals surface area contributed by atoms with Gasteiger partial charge < -0.3 is 10.2 Å². The quantitative estimate of drug-likeness (QED) is 0.513. The van der Waals surface area contributed by atoms with Gasteiger partial charge in [0.2, 0.25) is 5.91 Å². The summed E-state index contributed by atoms with van der Waals surface area (Å²) >= 11 is 0. The van der Waals surface area contributed by atoms with Gasteiger partial charge in [-0.05, 0) is 18.2 Å². The van der Waals surface area contributed by atoms with E-state index in [1.54, 1.807) is 41.0 Å². The molecule has 0 unspecified atom stereocenters. The molecule has 0 saturated heterocycles. The Bertz CT molecular complexity index is 939. The van der Waals surface area contributed by atoms with Crippen molar-refractivity contribution in [1.82, 2.24) is 14.7 Å². The van der Waals surface area contributed by atoms with Gasteiger partial charge in [-0.15, -0.1) is 0 Å². The number of nitro groups is 1. The van der Waals surface area contributed by atoms with E-state index in [0.717, 1.165) is 11.3 Å². The zero-order valence-electron chi connectivity index (χ0n) is 14.8. The minimum absolute atomic E-state index is 0.0336. The minimum atomic E-state index is -0.478. The lowest BCUT2D eigenvalue weighted by molar-refractivity contribution is -0.383. The van der Waals surface area contributed by atoms with Crippen molar-refractivity contribution in [3.05, 3.63) is 82.7 Å². The number of hydrogen-bond acceptors (Lipinski definition) is 5. The molecule has 0 aliphatic heterocycles. The van der Waals surface area contributed by atoms with Crippen LogP contribution < -0.4 is 5.32 Å². The Hall–Kier alpha value is -3.68. The number of para-hydroxylation sites is 3. The normalized spacial score (nSPS) is 10.4. The molecule has 1 heterocycles. The molecule has 0 aliphatic carbocycles. The molecule has 1 N–H and O–H groups in total. The van der Waals surface area contributed by atoms with Crippen LogP contribution in [0.25, 0.3) is 5.69 Å². The number of hydrogen-bond donors (Lipinski definition) is 1. The third-order valence-electron chi connectivity index (χ3n) is 4.03. The molecule has 0 atom stereocenters. The molecule has 0 fully saturated rings. The Labute approximate surface area is 156 Å². The molecule has 1 aromatic heterocycles. The van der Waals surface area contributed by atoms with Gasteiger partial charge in [-0.3, -0.25) is 14.9 Å². The SMILES string of the molecule is CN(Cc1cnn(-c2ccccc2)c1)C(=O)CNc1ccccc1[N+](=O)[O-]. The van der Waals surface area contributed by atoms with Gasteiger partial charge in [-0.2, -0.15) is 5.10 Å². The van der Waals surface area contributed by atoms with E-state index < -0.39 is 4.92 Å². The van der Waals surface area contributed by atoms with Gasteiger partial charge in [0.1, 0.15) is 5.69 Å². The first-order valence-corrected chi connectivity index (χ1v) is 8.35. The molecule has 1 amide bonds. The van der Waals surface area contributed by atoms with Gasteiger partial charge in [0.15, 0.2) is 0 Å². The van der Waals surface area contributed by atoms with Crippen molar-refractivity contribution in [1.29, 1.82) is 0 Å². The van der Waals surface area contributed by atoms with Crippen LogP contribution in [0.15, 0.2) is 67.0 Å². The van der Waals surface area contributed by atoms with Gasteiger partial charge in [-0.25, -0.2) is 4.68 Å². The summed E-state index contributed by atoms with van der Waals surface area (Å²) < 4.78 is 1.75. The number of rotatable bonds is 7. The Morgan fingerprint density at radius 1 is 1.19 bits per heavy atom. The van der Waals surface area contributed by atoms with Crippen LogP contribution in [-0.4, -0.2) is 39.1 Å². The molecule has 138 valence electrons. The summed E-state index contributed by atoms with van der Waals surface area (Å²) in [6.45, 7) is 0.360. The average molecular weight is 365 g/mol. The molecule has 0 saturated carbocycles. The summed E-state index contributed by atoms with van der Waals surface area (Å²) in [6.07, 6.45) is 3.58. The van der Waals surface area contributed by atoms with Gasteiger partial charge >= 0.3 is 0 Å². The molecule has 3 rings (SSSR count). The summed E-state index contributed by atoms with van der Waals surface area (Å²) in [6, 6.07) is 15.9. The van der Waals surface area contributed by atoms with Gasteiger partial charge in [0, 0.05) is 31.4 Å². The molecule has 0 radical (unpaired) electrons. The summed E-state index contributed by atoms with van der Waals surface area (Å²) in [5.74, 6) is -0.180. The third-order valence-corrected chi connectivity index (χ3v) is 4.03. The van der Waals surface area contributed by atoms with E-state index in [1.165, 1.54) is 6.07 Å². The van der Waals surface area contributed by atoms with E-state index in [-0.39, 0.29) is 18.1 Å². The van der Waals surface area contributed by atoms with Crippen LogP contribution in [0.2, 0.25) is 0 Å². The molecule has 8 heteroatoms. The molecule has 0 aliphatic rings. The molecular weight excluding hydrogens is 346 g/mol. The van der Waals surface area contributed by atoms with E-state index in [9.17, 15) is 14.9 Å². The molecule has 8 nitrogen and oxygen atoms in total. The van der Waals surface area contributed by atoms with Crippen LogP contribution >= 0.6 is 0 Å². The van der Waals surface area contributed by atoms with E-state index in [2.05, 4.69) is 10.4 Å². The van der Waals surface area contributed by atoms with E-state index >= 15 is 0 Å². The standard InChI is InChI=1S/C19H19N5O3/c1-22(13-15-11-21-23(14-15)16-7-3-2-4-8-16)19(25)12-20-17-9-5-6-10-18(17)24(26)27/h2-11,14,20H,12-13H2,1H3. The van der Waals surface area contributed by atoms with Gasteiger partial charge in [0.25, 0.3) is 5.69 Å². The van der Waals surface area contributed by atoms with Gasteiger partial charge in [-0.1, -0.05) is 30.3 Å². The third kappa shape index (κ3) is 4.49. The van der Waals surface area contributed by atoms with E-state index in [4.69, 9.17) is 0 Å². The Morgan fingerprint density at radius 3 is 2.63 bits per heavy atom. The average Bonchev–Trinajstić information content (AvgIpc) is 3.15. The van der Waals surface area contributed by atoms with Crippen LogP contribution in [-0.2, 0) is 11.3 Å². The maximum absolute atomic E-state index is 12.3. The maximum Gasteiger partial charge on any atom is 0.292 e. The number of nitrogens with one attached hydrogen (secondary N) is 1. The largest absolute Gasteiger partial charge is 0.371 e. The molecule has 0 bridgehead atoms. The van der Waals surface area contributed by atoms with Crippen molar-refractivity contribution in [3.63, 3.8) is 0 Å². The Balaban J connectivity index is 1.59. The number of carbonyl (C=O) groups excluding carboxylic acids is 1. The number of anilines is 1. The minimum Gasteiger partial charge on any atom is -0.371 e. The first-order chi connectivity index (χ1) is 13.0. The highest BCUT2D eigenvalue weighted by Gasteiger charge is 2.15. The van der Waals surface area contributed by atoms with Crippen molar-refractivity contribution in [3.8, 4) is 5.69 Å². The fourth-order valence-electron chi connectivity index (χ4n) is 2.61. The molecular formula is C19H19N5O3. The lowest BCUT2D eigenvalue weighted by Crippen LogP contribution is -2.31. The number of carbonyl (C=O) groups is 1. The number of likely N-dealkylation sites (N-methyl/N-ethyl adjacent to an activating group) is 1. The summed E-state index contributed by atoms with van der Waals surface area (Å²) in [4.78, 5) is 24.4. The first kappa shape index (κ1) is 18.1. The predicted octanol–water partition coefficient (Wildman–Crippen LogP) is 2.85. The molecule has 2 aromatic carbocycles. The Kier molecular flexibility index (Phi) is 5.46. The summed E-state index contributed by atoms with van der Waals surface area (Å²) in [5.41, 5.74) is 2.09. The molecule has 27 heavy (non-hydrogen) atoms. The lowest BCUT2D eigenvalue weighted by atomic mass is 10.2.